The summed E-state index contributed by atoms with van der Waals surface area (Å²) in [7, 11) is 0. The number of hydrogen-bond acceptors (Lipinski definition) is 2. The van der Waals surface area contributed by atoms with Gasteiger partial charge >= 0.3 is 0 Å². The Balaban J connectivity index is 2.68. The third-order valence-corrected chi connectivity index (χ3v) is 2.17. The average Bonchev–Trinajstić information content (AvgIpc) is 2.24. The number of aryl methyl sites for hydroxylation is 1. The van der Waals surface area contributed by atoms with E-state index in [1.165, 1.54) is 12.4 Å². The van der Waals surface area contributed by atoms with E-state index in [4.69, 9.17) is 0 Å². The number of rotatable bonds is 1. The summed E-state index contributed by atoms with van der Waals surface area (Å²) in [5, 5.41) is 11.7. The van der Waals surface area contributed by atoms with Crippen molar-refractivity contribution < 1.29 is 4.43 Å². The molecule has 1 aromatic heterocycles. The summed E-state index contributed by atoms with van der Waals surface area (Å²) >= 11 is 0. The first-order chi connectivity index (χ1) is 7.18. The lowest BCUT2D eigenvalue weighted by atomic mass is 10.1. The molecule has 0 unspecified atom stereocenters. The van der Waals surface area contributed by atoms with Crippen LogP contribution in [0.15, 0.2) is 42.7 Å². The molecule has 2 aromatic rings. The van der Waals surface area contributed by atoms with E-state index < -0.39 is 0 Å². The second-order valence-corrected chi connectivity index (χ2v) is 3.31. The van der Waals surface area contributed by atoms with Crippen molar-refractivity contribution in [3.63, 3.8) is 0 Å². The van der Waals surface area contributed by atoms with Crippen LogP contribution in [-0.4, -0.2) is 4.73 Å². The monoisotopic (exact) mass is 202 g/mol. The van der Waals surface area contributed by atoms with Gasteiger partial charge in [-0.15, -0.1) is 0 Å². The van der Waals surface area contributed by atoms with E-state index >= 15 is 0 Å². The lowest BCUT2D eigenvalue weighted by Gasteiger charge is -2.16. The molecule has 1 aromatic carbocycles. The van der Waals surface area contributed by atoms with Gasteiger partial charge < -0.3 is 9.94 Å². The molecule has 15 heavy (non-hydrogen) atoms. The molecule has 0 saturated heterocycles. The van der Waals surface area contributed by atoms with Crippen molar-refractivity contribution in [2.24, 2.45) is 0 Å². The van der Waals surface area contributed by atoms with E-state index in [1.807, 2.05) is 18.2 Å². The highest BCUT2D eigenvalue weighted by Gasteiger charge is 2.06. The van der Waals surface area contributed by atoms with Crippen LogP contribution in [0.2, 0.25) is 0 Å². The van der Waals surface area contributed by atoms with Crippen LogP contribution in [0.25, 0.3) is 11.3 Å². The molecule has 0 spiro atoms. The molecule has 0 atom stereocenters. The molecule has 0 fully saturated rings. The Morgan fingerprint density at radius 3 is 2.53 bits per heavy atom. The molecule has 0 aliphatic rings. The van der Waals surface area contributed by atoms with Gasteiger partial charge in [-0.2, -0.15) is 0 Å². The average molecular weight is 202 g/mol. The zero-order chi connectivity index (χ0) is 10.8. The van der Waals surface area contributed by atoms with E-state index in [0.29, 0.717) is 15.8 Å². The minimum Gasteiger partial charge on any atom is -0.805 e. The molecule has 0 amide bonds. The van der Waals surface area contributed by atoms with E-state index in [0.717, 1.165) is 10.3 Å². The molecule has 0 aliphatic heterocycles. The molecule has 0 N–H and O–H groups in total. The minimum atomic E-state index is 0.366. The van der Waals surface area contributed by atoms with E-state index in [2.05, 4.69) is 0 Å². The quantitative estimate of drug-likeness (QED) is 0.661. The fourth-order valence-corrected chi connectivity index (χ4v) is 1.44. The van der Waals surface area contributed by atoms with Gasteiger partial charge in [-0.3, -0.25) is 0 Å². The van der Waals surface area contributed by atoms with Crippen molar-refractivity contribution in [3.05, 3.63) is 58.5 Å². The lowest BCUT2D eigenvalue weighted by Crippen LogP contribution is -2.17. The third-order valence-electron chi connectivity index (χ3n) is 2.17. The summed E-state index contributed by atoms with van der Waals surface area (Å²) in [5.74, 6) is 0. The van der Waals surface area contributed by atoms with E-state index in [1.54, 1.807) is 19.1 Å². The fraction of sp³-hybridized carbons (Fsp3) is 0.0909. The maximum atomic E-state index is 11.7. The molecule has 2 rings (SSSR count). The molecular weight excluding hydrogens is 192 g/mol. The lowest BCUT2D eigenvalue weighted by molar-refractivity contribution is -0.495. The van der Waals surface area contributed by atoms with Gasteiger partial charge in [0.2, 0.25) is 6.20 Å². The topological polar surface area (TPSA) is 51.0 Å². The molecule has 4 nitrogen and oxygen atoms in total. The molecular formula is C11H10N2O2. The van der Waals surface area contributed by atoms with Crippen LogP contribution < -0.4 is 4.43 Å². The Bertz CT molecular complexity index is 532. The van der Waals surface area contributed by atoms with Crippen LogP contribution in [-0.2, 0) is 0 Å². The van der Waals surface area contributed by atoms with Gasteiger partial charge in [-0.25, -0.2) is 0 Å². The Hall–Kier alpha value is -2.10. The normalized spacial score (nSPS) is 10.2. The van der Waals surface area contributed by atoms with Crippen molar-refractivity contribution in [2.45, 2.75) is 6.92 Å². The van der Waals surface area contributed by atoms with Gasteiger partial charge in [-0.1, -0.05) is 30.3 Å². The summed E-state index contributed by atoms with van der Waals surface area (Å²) in [5.41, 5.74) is 1.48. The van der Waals surface area contributed by atoms with E-state index in [-0.39, 0.29) is 0 Å². The van der Waals surface area contributed by atoms with Crippen LogP contribution in [0.3, 0.4) is 0 Å². The van der Waals surface area contributed by atoms with Crippen molar-refractivity contribution in [3.8, 4) is 11.3 Å². The van der Waals surface area contributed by atoms with Crippen LogP contribution in [0.4, 0.5) is 0 Å². The maximum absolute atomic E-state index is 11.7. The molecule has 0 aliphatic carbocycles. The Morgan fingerprint density at radius 1 is 1.20 bits per heavy atom. The standard InChI is InChI=1S/C11H10N2O2/c1-9-7-12(14)8-11(13(9)15)10-5-3-2-4-6-10/h2-8H,1H3. The highest BCUT2D eigenvalue weighted by atomic mass is 16.5. The van der Waals surface area contributed by atoms with Crippen molar-refractivity contribution in [2.75, 3.05) is 0 Å². The van der Waals surface area contributed by atoms with Crippen molar-refractivity contribution >= 4 is 0 Å². The van der Waals surface area contributed by atoms with Gasteiger partial charge in [-0.05, 0) is 6.92 Å². The minimum absolute atomic E-state index is 0.366. The molecule has 1 heterocycles. The molecule has 76 valence electrons. The largest absolute Gasteiger partial charge is 0.805 e. The van der Waals surface area contributed by atoms with Crippen molar-refractivity contribution in [1.82, 2.24) is 4.73 Å². The first-order valence-electron chi connectivity index (χ1n) is 4.57. The van der Waals surface area contributed by atoms with Gasteiger partial charge in [0.1, 0.15) is 5.69 Å². The number of hydrogen-bond donors (Lipinski definition) is 0. The zero-order valence-electron chi connectivity index (χ0n) is 8.25. The van der Waals surface area contributed by atoms with Crippen LogP contribution in [0.5, 0.6) is 0 Å². The predicted molar refractivity (Wildman–Crippen MR) is 56.7 cm³/mol. The second-order valence-electron chi connectivity index (χ2n) is 3.31. The SMILES string of the molecule is Cc1c[n+](=O)cc(-c2ccccc2)n1[O-]. The van der Waals surface area contributed by atoms with Gasteiger partial charge in [0, 0.05) is 10.5 Å². The van der Waals surface area contributed by atoms with Crippen molar-refractivity contribution in [1.29, 1.82) is 0 Å². The fourth-order valence-electron chi connectivity index (χ4n) is 1.44. The molecule has 0 radical (unpaired) electrons. The molecule has 0 saturated carbocycles. The van der Waals surface area contributed by atoms with Gasteiger partial charge in [0.25, 0.3) is 6.20 Å². The highest BCUT2D eigenvalue weighted by molar-refractivity contribution is 5.58. The molecule has 0 bridgehead atoms. The smallest absolute Gasteiger partial charge is 0.251 e. The predicted octanol–water partition coefficient (Wildman–Crippen LogP) is 1.72. The second kappa shape index (κ2) is 3.57. The highest BCUT2D eigenvalue weighted by Crippen LogP contribution is 2.17. The number of aromatic nitrogens is 2. The Kier molecular flexibility index (Phi) is 2.25. The first kappa shape index (κ1) is 9.45. The Labute approximate surface area is 86.6 Å². The molecule has 4 heteroatoms. The zero-order valence-corrected chi connectivity index (χ0v) is 8.25. The van der Waals surface area contributed by atoms with Crippen LogP contribution >= 0.6 is 0 Å². The summed E-state index contributed by atoms with van der Waals surface area (Å²) in [6.07, 6.45) is 2.52. The maximum Gasteiger partial charge on any atom is 0.251 e. The number of benzene rings is 1. The van der Waals surface area contributed by atoms with Crippen LogP contribution in [0, 0.1) is 17.0 Å². The summed E-state index contributed by atoms with van der Waals surface area (Å²) in [6.45, 7) is 1.60. The van der Waals surface area contributed by atoms with Gasteiger partial charge in [0.05, 0.1) is 10.1 Å². The van der Waals surface area contributed by atoms with Crippen LogP contribution in [0.1, 0.15) is 5.69 Å². The first-order valence-corrected chi connectivity index (χ1v) is 4.57. The summed E-state index contributed by atoms with van der Waals surface area (Å²) in [6, 6.07) is 9.10. The third kappa shape index (κ3) is 1.74. The summed E-state index contributed by atoms with van der Waals surface area (Å²) in [4.78, 5) is 11.2. The summed E-state index contributed by atoms with van der Waals surface area (Å²) < 4.78 is 1.40. The van der Waals surface area contributed by atoms with Gasteiger partial charge in [0.15, 0.2) is 0 Å². The number of nitrogens with zero attached hydrogens (tertiary/aromatic N) is 2. The Morgan fingerprint density at radius 2 is 1.87 bits per heavy atom. The van der Waals surface area contributed by atoms with E-state index in [9.17, 15) is 10.1 Å².